The summed E-state index contributed by atoms with van der Waals surface area (Å²) in [7, 11) is -0.389. The molecular weight excluding hydrogens is 176 g/mol. The summed E-state index contributed by atoms with van der Waals surface area (Å²) in [6.07, 6.45) is -0.167. The van der Waals surface area contributed by atoms with Crippen LogP contribution >= 0.6 is 12.4 Å². The Morgan fingerprint density at radius 1 is 1.30 bits per heavy atom. The SMILES string of the molecule is CC(C)O.Cl.[CH2-][SiH](C)C.[Mg+2]. The zero-order chi connectivity index (χ0) is 7.15. The normalized spacial score (nSPS) is 7.20. The third-order valence-electron chi connectivity index (χ3n) is 0. The summed E-state index contributed by atoms with van der Waals surface area (Å²) in [4.78, 5) is 0. The van der Waals surface area contributed by atoms with E-state index in [4.69, 9.17) is 5.11 Å². The molecule has 0 saturated carbocycles. The van der Waals surface area contributed by atoms with Crippen LogP contribution in [0.4, 0.5) is 0 Å². The first-order chi connectivity index (χ1) is 3.46. The number of aliphatic hydroxyl groups excluding tert-OH is 1. The largest absolute Gasteiger partial charge is 2.00 e. The Balaban J connectivity index is -0.0000000300. The van der Waals surface area contributed by atoms with Crippen LogP contribution in [0.1, 0.15) is 13.8 Å². The Bertz CT molecular complexity index is 33.2. The maximum atomic E-state index is 8.06. The first kappa shape index (κ1) is 22.5. The van der Waals surface area contributed by atoms with Gasteiger partial charge in [-0.15, -0.1) is 21.2 Å². The first-order valence-electron chi connectivity index (χ1n) is 2.98. The molecule has 0 aliphatic heterocycles. The molecule has 4 heteroatoms. The maximum absolute atomic E-state index is 8.06. The fraction of sp³-hybridized carbons (Fsp3) is 0.833. The van der Waals surface area contributed by atoms with E-state index < -0.39 is 0 Å². The molecule has 0 aromatic carbocycles. The maximum Gasteiger partial charge on any atom is 2.00 e. The van der Waals surface area contributed by atoms with Gasteiger partial charge in [0, 0.05) is 6.10 Å². The van der Waals surface area contributed by atoms with Gasteiger partial charge in [-0.25, -0.2) is 0 Å². The van der Waals surface area contributed by atoms with Gasteiger partial charge < -0.3 is 11.7 Å². The molecule has 0 atom stereocenters. The molecule has 1 N–H and O–H groups in total. The number of aliphatic hydroxyl groups is 1. The summed E-state index contributed by atoms with van der Waals surface area (Å²) < 4.78 is 0. The van der Waals surface area contributed by atoms with Crippen molar-refractivity contribution in [3.63, 3.8) is 0 Å². The standard InChI is InChI=1S/C3H8O.C3H9Si.ClH.Mg/c1-3(2)4;1-4(2)3;;/h3-4H,1-2H3;4H,1H2,2-3H3;1H;/q;-1;;+2. The molecule has 1 nitrogen and oxygen atoms in total. The fourth-order valence-electron chi connectivity index (χ4n) is 0. The molecule has 0 aliphatic carbocycles. The minimum Gasteiger partial charge on any atom is -0.394 e. The van der Waals surface area contributed by atoms with Gasteiger partial charge in [-0.1, -0.05) is 13.1 Å². The molecule has 0 spiro atoms. The van der Waals surface area contributed by atoms with E-state index in [1.165, 1.54) is 0 Å². The zero-order valence-electron chi connectivity index (χ0n) is 7.42. The van der Waals surface area contributed by atoms with Crippen LogP contribution < -0.4 is 0 Å². The summed E-state index contributed by atoms with van der Waals surface area (Å²) in [5.41, 5.74) is 0. The molecule has 0 rings (SSSR count). The van der Waals surface area contributed by atoms with Gasteiger partial charge in [0.15, 0.2) is 0 Å². The van der Waals surface area contributed by atoms with Gasteiger partial charge in [0.1, 0.15) is 0 Å². The summed E-state index contributed by atoms with van der Waals surface area (Å²) in [6, 6.07) is 0. The van der Waals surface area contributed by atoms with Crippen molar-refractivity contribution < 1.29 is 5.11 Å². The van der Waals surface area contributed by atoms with Gasteiger partial charge >= 0.3 is 23.1 Å². The Kier molecular flexibility index (Phi) is 37.5. The topological polar surface area (TPSA) is 20.2 Å². The van der Waals surface area contributed by atoms with E-state index in [0.29, 0.717) is 0 Å². The zero-order valence-corrected chi connectivity index (χ0v) is 10.8. The van der Waals surface area contributed by atoms with Gasteiger partial charge in [0.05, 0.1) is 0 Å². The second-order valence-electron chi connectivity index (χ2n) is 2.49. The monoisotopic (exact) mass is 193 g/mol. The van der Waals surface area contributed by atoms with Crippen LogP contribution in [0, 0.1) is 6.55 Å². The Morgan fingerprint density at radius 2 is 1.30 bits per heavy atom. The van der Waals surface area contributed by atoms with Gasteiger partial charge in [0.25, 0.3) is 0 Å². The molecule has 0 amide bonds. The average molecular weight is 194 g/mol. The van der Waals surface area contributed by atoms with Crippen molar-refractivity contribution in [2.45, 2.75) is 33.0 Å². The molecule has 0 aliphatic rings. The second-order valence-corrected chi connectivity index (χ2v) is 5.28. The van der Waals surface area contributed by atoms with Crippen LogP contribution in [-0.2, 0) is 0 Å². The molecule has 0 bridgehead atoms. The minimum absolute atomic E-state index is 0. The first-order valence-corrected chi connectivity index (χ1v) is 6.10. The Morgan fingerprint density at radius 3 is 1.30 bits per heavy atom. The van der Waals surface area contributed by atoms with Crippen LogP contribution in [0.3, 0.4) is 0 Å². The van der Waals surface area contributed by atoms with E-state index in [0.717, 1.165) is 0 Å². The number of halogens is 1. The van der Waals surface area contributed by atoms with Crippen LogP contribution in [0.2, 0.25) is 13.1 Å². The van der Waals surface area contributed by atoms with Crippen LogP contribution in [0.5, 0.6) is 0 Å². The van der Waals surface area contributed by atoms with Crippen molar-refractivity contribution in [3.8, 4) is 0 Å². The molecule has 0 heterocycles. The second kappa shape index (κ2) is 16.7. The van der Waals surface area contributed by atoms with Crippen molar-refractivity contribution in [2.75, 3.05) is 0 Å². The van der Waals surface area contributed by atoms with E-state index in [1.807, 2.05) is 0 Å². The molecule has 0 fully saturated rings. The van der Waals surface area contributed by atoms with Gasteiger partial charge in [-0.05, 0) is 13.8 Å². The predicted molar refractivity (Wildman–Crippen MR) is 54.6 cm³/mol. The number of hydrogen-bond acceptors (Lipinski definition) is 1. The third kappa shape index (κ3) is 412. The Hall–Kier alpha value is 1.23. The summed E-state index contributed by atoms with van der Waals surface area (Å²) >= 11 is 0. The quantitative estimate of drug-likeness (QED) is 0.454. The predicted octanol–water partition coefficient (Wildman–Crippen LogP) is 1.27. The molecule has 60 valence electrons. The van der Waals surface area contributed by atoms with Crippen LogP contribution in [0.25, 0.3) is 0 Å². The molecule has 0 radical (unpaired) electrons. The van der Waals surface area contributed by atoms with E-state index in [-0.39, 0.29) is 50.4 Å². The van der Waals surface area contributed by atoms with Gasteiger partial charge in [0.2, 0.25) is 0 Å². The smallest absolute Gasteiger partial charge is 0.394 e. The average Bonchev–Trinajstić information content (AvgIpc) is 1.25. The minimum atomic E-state index is -0.389. The van der Waals surface area contributed by atoms with Crippen molar-refractivity contribution in [3.05, 3.63) is 6.55 Å². The van der Waals surface area contributed by atoms with Gasteiger partial charge in [-0.3, -0.25) is 0 Å². The van der Waals surface area contributed by atoms with E-state index in [1.54, 1.807) is 13.8 Å². The summed E-state index contributed by atoms with van der Waals surface area (Å²) in [5, 5.41) is 8.06. The van der Waals surface area contributed by atoms with Crippen molar-refractivity contribution in [1.82, 2.24) is 0 Å². The summed E-state index contributed by atoms with van der Waals surface area (Å²) in [5.74, 6) is 0. The number of rotatable bonds is 0. The van der Waals surface area contributed by atoms with Gasteiger partial charge in [-0.2, -0.15) is 0 Å². The summed E-state index contributed by atoms with van der Waals surface area (Å²) in [6.45, 7) is 11.6. The molecular formula is C6H18ClMgOSi+. The third-order valence-corrected chi connectivity index (χ3v) is 0. The number of hydrogen-bond donors (Lipinski definition) is 1. The Labute approximate surface area is 88.8 Å². The van der Waals surface area contributed by atoms with Crippen LogP contribution in [-0.4, -0.2) is 43.1 Å². The molecule has 0 unspecified atom stereocenters. The van der Waals surface area contributed by atoms with Crippen molar-refractivity contribution in [2.24, 2.45) is 0 Å². The van der Waals surface area contributed by atoms with Crippen molar-refractivity contribution in [1.29, 1.82) is 0 Å². The molecule has 10 heavy (non-hydrogen) atoms. The van der Waals surface area contributed by atoms with E-state index >= 15 is 0 Å². The molecule has 0 aromatic heterocycles. The molecule has 0 aromatic rings. The fourth-order valence-corrected chi connectivity index (χ4v) is 0. The van der Waals surface area contributed by atoms with Crippen LogP contribution in [0.15, 0.2) is 0 Å². The van der Waals surface area contributed by atoms with E-state index in [2.05, 4.69) is 19.6 Å². The van der Waals surface area contributed by atoms with E-state index in [9.17, 15) is 0 Å². The molecule has 0 saturated heterocycles. The van der Waals surface area contributed by atoms with Crippen molar-refractivity contribution >= 4 is 44.3 Å².